The van der Waals surface area contributed by atoms with Gasteiger partial charge in [-0.3, -0.25) is 4.79 Å². The lowest BCUT2D eigenvalue weighted by Gasteiger charge is -2.18. The maximum atomic E-state index is 12.7. The quantitative estimate of drug-likeness (QED) is 0.746. The van der Waals surface area contributed by atoms with Crippen LogP contribution in [0.2, 0.25) is 0 Å². The number of hydrogen-bond donors (Lipinski definition) is 0. The van der Waals surface area contributed by atoms with E-state index >= 15 is 0 Å². The molecule has 130 valence electrons. The molecule has 2 unspecified atom stereocenters. The summed E-state index contributed by atoms with van der Waals surface area (Å²) in [6.45, 7) is 7.55. The van der Waals surface area contributed by atoms with E-state index in [9.17, 15) is 4.79 Å². The van der Waals surface area contributed by atoms with Crippen molar-refractivity contribution in [1.29, 1.82) is 0 Å². The van der Waals surface area contributed by atoms with Gasteiger partial charge in [-0.25, -0.2) is 0 Å². The summed E-state index contributed by atoms with van der Waals surface area (Å²) < 4.78 is 5.64. The number of ether oxygens (including phenoxy) is 1. The highest BCUT2D eigenvalue weighted by Crippen LogP contribution is 2.66. The van der Waals surface area contributed by atoms with Gasteiger partial charge < -0.3 is 9.64 Å². The maximum Gasteiger partial charge on any atom is 0.310 e. The minimum Gasteiger partial charge on any atom is -0.464 e. The summed E-state index contributed by atoms with van der Waals surface area (Å²) in [5.41, 5.74) is 5.16. The molecule has 0 aliphatic heterocycles. The Labute approximate surface area is 149 Å². The molecule has 0 bridgehead atoms. The highest BCUT2D eigenvalue weighted by molar-refractivity contribution is 5.87. The van der Waals surface area contributed by atoms with Crippen molar-refractivity contribution >= 4 is 5.97 Å². The fraction of sp³-hybridized carbons (Fsp3) is 0.409. The van der Waals surface area contributed by atoms with Crippen LogP contribution >= 0.6 is 0 Å². The number of likely N-dealkylation sites (N-methyl/N-ethyl adjacent to an activating group) is 1. The first-order chi connectivity index (χ1) is 12.3. The van der Waals surface area contributed by atoms with E-state index in [0.717, 1.165) is 19.6 Å². The first-order valence-corrected chi connectivity index (χ1v) is 9.33. The van der Waals surface area contributed by atoms with Crippen molar-refractivity contribution in [2.75, 3.05) is 26.2 Å². The van der Waals surface area contributed by atoms with Crippen LogP contribution in [0, 0.1) is 5.92 Å². The van der Waals surface area contributed by atoms with Gasteiger partial charge in [0.15, 0.2) is 0 Å². The van der Waals surface area contributed by atoms with Crippen LogP contribution < -0.4 is 0 Å². The zero-order valence-electron chi connectivity index (χ0n) is 14.9. The van der Waals surface area contributed by atoms with E-state index in [1.54, 1.807) is 0 Å². The number of carbonyl (C=O) groups excluding carboxylic acids is 1. The average Bonchev–Trinajstić information content (AvgIpc) is 3.42. The Bertz CT molecular complexity index is 730. The molecule has 0 spiro atoms. The Balaban J connectivity index is 1.53. The molecule has 3 heteroatoms. The summed E-state index contributed by atoms with van der Waals surface area (Å²) >= 11 is 0. The summed E-state index contributed by atoms with van der Waals surface area (Å²) in [5, 5.41) is 0. The lowest BCUT2D eigenvalue weighted by atomic mass is 9.86. The molecule has 0 radical (unpaired) electrons. The van der Waals surface area contributed by atoms with Crippen LogP contribution in [0.3, 0.4) is 0 Å². The average molecular weight is 335 g/mol. The van der Waals surface area contributed by atoms with Crippen LogP contribution in [0.5, 0.6) is 0 Å². The van der Waals surface area contributed by atoms with E-state index < -0.39 is 0 Å². The molecule has 0 saturated heterocycles. The number of fused-ring (bicyclic) bond motifs is 6. The molecule has 2 aromatic rings. The lowest BCUT2D eigenvalue weighted by molar-refractivity contribution is -0.145. The highest BCUT2D eigenvalue weighted by Gasteiger charge is 2.60. The number of benzene rings is 2. The summed E-state index contributed by atoms with van der Waals surface area (Å²) in [4.78, 5) is 15.0. The minimum atomic E-state index is -0.0336. The predicted octanol–water partition coefficient (Wildman–Crippen LogP) is 4.05. The normalized spacial score (nSPS) is 22.8. The Morgan fingerprint density at radius 1 is 0.920 bits per heavy atom. The van der Waals surface area contributed by atoms with Gasteiger partial charge in [-0.1, -0.05) is 62.4 Å². The van der Waals surface area contributed by atoms with Gasteiger partial charge in [0, 0.05) is 18.4 Å². The third kappa shape index (κ3) is 2.77. The lowest BCUT2D eigenvalue weighted by Crippen LogP contribution is -2.28. The molecule has 1 fully saturated rings. The molecule has 0 N–H and O–H groups in total. The monoisotopic (exact) mass is 335 g/mol. The maximum absolute atomic E-state index is 12.7. The number of rotatable bonds is 6. The van der Waals surface area contributed by atoms with E-state index in [0.29, 0.717) is 6.61 Å². The third-order valence-corrected chi connectivity index (χ3v) is 5.77. The molecular formula is C22H25NO2. The molecule has 25 heavy (non-hydrogen) atoms. The summed E-state index contributed by atoms with van der Waals surface area (Å²) in [6, 6.07) is 17.0. The Morgan fingerprint density at radius 2 is 1.44 bits per heavy atom. The van der Waals surface area contributed by atoms with E-state index in [1.807, 2.05) is 0 Å². The number of hydrogen-bond acceptors (Lipinski definition) is 3. The second kappa shape index (κ2) is 6.64. The van der Waals surface area contributed by atoms with Crippen molar-refractivity contribution in [3.63, 3.8) is 0 Å². The Hall–Kier alpha value is -2.13. The summed E-state index contributed by atoms with van der Waals surface area (Å²) in [7, 11) is 0. The van der Waals surface area contributed by atoms with Gasteiger partial charge in [-0.2, -0.15) is 0 Å². The van der Waals surface area contributed by atoms with Gasteiger partial charge >= 0.3 is 5.97 Å². The molecule has 2 aromatic carbocycles. The van der Waals surface area contributed by atoms with Crippen molar-refractivity contribution in [2.45, 2.75) is 25.7 Å². The molecule has 2 atom stereocenters. The largest absolute Gasteiger partial charge is 0.464 e. The Kier molecular flexibility index (Phi) is 4.34. The molecule has 0 aromatic heterocycles. The summed E-state index contributed by atoms with van der Waals surface area (Å²) in [5.74, 6) is 0.509. The van der Waals surface area contributed by atoms with Gasteiger partial charge in [-0.05, 0) is 35.3 Å². The standard InChI is InChI=1S/C22H25NO2/c1-3-23(4-2)13-14-25-22(24)21-19-17-11-7-5-9-15(17)16-10-6-8-12-18(16)20(19)21/h5-12,19-21H,3-4,13-14H2,1-2H3. The third-order valence-electron chi connectivity index (χ3n) is 5.77. The van der Waals surface area contributed by atoms with E-state index in [4.69, 9.17) is 4.74 Å². The minimum absolute atomic E-state index is 0.0264. The fourth-order valence-corrected chi connectivity index (χ4v) is 4.36. The van der Waals surface area contributed by atoms with Gasteiger partial charge in [0.2, 0.25) is 0 Å². The van der Waals surface area contributed by atoms with Crippen molar-refractivity contribution in [3.05, 3.63) is 59.7 Å². The molecule has 1 saturated carbocycles. The van der Waals surface area contributed by atoms with Crippen molar-refractivity contribution in [2.24, 2.45) is 5.92 Å². The highest BCUT2D eigenvalue weighted by atomic mass is 16.5. The first-order valence-electron chi connectivity index (χ1n) is 9.33. The molecule has 2 aliphatic rings. The van der Waals surface area contributed by atoms with Crippen molar-refractivity contribution < 1.29 is 9.53 Å². The van der Waals surface area contributed by atoms with Gasteiger partial charge in [0.25, 0.3) is 0 Å². The number of esters is 1. The van der Waals surface area contributed by atoms with Crippen molar-refractivity contribution in [1.82, 2.24) is 4.90 Å². The van der Waals surface area contributed by atoms with Crippen molar-refractivity contribution in [3.8, 4) is 11.1 Å². The SMILES string of the molecule is CCN(CC)CCOC(=O)C1C2c3ccccc3-c3ccccc3C12. The second-order valence-corrected chi connectivity index (χ2v) is 6.95. The zero-order valence-corrected chi connectivity index (χ0v) is 14.9. The predicted molar refractivity (Wildman–Crippen MR) is 99.6 cm³/mol. The molecule has 4 rings (SSSR count). The van der Waals surface area contributed by atoms with Crippen LogP contribution in [0.15, 0.2) is 48.5 Å². The van der Waals surface area contributed by atoms with E-state index in [1.165, 1.54) is 22.3 Å². The number of nitrogens with zero attached hydrogens (tertiary/aromatic N) is 1. The van der Waals surface area contributed by atoms with E-state index in [-0.39, 0.29) is 23.7 Å². The molecule has 0 amide bonds. The first kappa shape index (κ1) is 16.3. The topological polar surface area (TPSA) is 29.5 Å². The van der Waals surface area contributed by atoms with Crippen LogP contribution in [0.1, 0.15) is 36.8 Å². The van der Waals surface area contributed by atoms with Crippen LogP contribution in [0.25, 0.3) is 11.1 Å². The van der Waals surface area contributed by atoms with Gasteiger partial charge in [0.05, 0.1) is 5.92 Å². The van der Waals surface area contributed by atoms with Gasteiger partial charge in [0.1, 0.15) is 6.61 Å². The molecular weight excluding hydrogens is 310 g/mol. The van der Waals surface area contributed by atoms with Gasteiger partial charge in [-0.15, -0.1) is 0 Å². The van der Waals surface area contributed by atoms with Crippen LogP contribution in [0.4, 0.5) is 0 Å². The van der Waals surface area contributed by atoms with E-state index in [2.05, 4.69) is 67.3 Å². The Morgan fingerprint density at radius 3 is 1.96 bits per heavy atom. The smallest absolute Gasteiger partial charge is 0.310 e. The summed E-state index contributed by atoms with van der Waals surface area (Å²) in [6.07, 6.45) is 0. The molecule has 0 heterocycles. The molecule has 3 nitrogen and oxygen atoms in total. The number of carbonyl (C=O) groups is 1. The fourth-order valence-electron chi connectivity index (χ4n) is 4.36. The second-order valence-electron chi connectivity index (χ2n) is 6.95. The van der Waals surface area contributed by atoms with Crippen LogP contribution in [-0.4, -0.2) is 37.1 Å². The molecule has 2 aliphatic carbocycles. The zero-order chi connectivity index (χ0) is 17.4. The van der Waals surface area contributed by atoms with Crippen LogP contribution in [-0.2, 0) is 9.53 Å².